The number of benzene rings is 2. The summed E-state index contributed by atoms with van der Waals surface area (Å²) in [5, 5.41) is 0.852. The van der Waals surface area contributed by atoms with Gasteiger partial charge in [-0.2, -0.15) is 4.98 Å². The largest absolute Gasteiger partial charge is 0.383 e. The summed E-state index contributed by atoms with van der Waals surface area (Å²) in [4.78, 5) is 9.42. The number of hydrogen-bond acceptors (Lipinski definition) is 5. The van der Waals surface area contributed by atoms with Crippen molar-refractivity contribution in [1.29, 1.82) is 0 Å². The Labute approximate surface area is 121 Å². The van der Waals surface area contributed by atoms with Gasteiger partial charge in [0.1, 0.15) is 5.82 Å². The zero-order chi connectivity index (χ0) is 13.9. The fourth-order valence-corrected chi connectivity index (χ4v) is 2.85. The number of aromatic nitrogens is 2. The van der Waals surface area contributed by atoms with Crippen molar-refractivity contribution < 1.29 is 0 Å². The highest BCUT2D eigenvalue weighted by Crippen LogP contribution is 2.26. The molecule has 4 nitrogen and oxygen atoms in total. The molecular weight excluding hydrogens is 268 g/mol. The highest BCUT2D eigenvalue weighted by Gasteiger charge is 2.05. The van der Waals surface area contributed by atoms with Crippen LogP contribution in [0.5, 0.6) is 0 Å². The molecule has 2 aromatic carbocycles. The van der Waals surface area contributed by atoms with Gasteiger partial charge >= 0.3 is 0 Å². The van der Waals surface area contributed by atoms with Gasteiger partial charge in [0, 0.05) is 16.0 Å². The lowest BCUT2D eigenvalue weighted by Gasteiger charge is -2.06. The third-order valence-electron chi connectivity index (χ3n) is 2.96. The first-order valence-electron chi connectivity index (χ1n) is 6.22. The molecule has 0 saturated carbocycles. The molecule has 20 heavy (non-hydrogen) atoms. The minimum absolute atomic E-state index is 0.210. The topological polar surface area (TPSA) is 77.8 Å². The van der Waals surface area contributed by atoms with E-state index in [0.717, 1.165) is 16.7 Å². The molecule has 5 heteroatoms. The molecule has 0 unspecified atom stereocenters. The Kier molecular flexibility index (Phi) is 3.43. The molecule has 0 saturated heterocycles. The van der Waals surface area contributed by atoms with Crippen molar-refractivity contribution in [3.05, 3.63) is 54.1 Å². The van der Waals surface area contributed by atoms with Crippen LogP contribution in [0.25, 0.3) is 10.9 Å². The minimum atomic E-state index is 0.210. The lowest BCUT2D eigenvalue weighted by Crippen LogP contribution is -2.00. The Balaban J connectivity index is 1.86. The molecule has 4 N–H and O–H groups in total. The zero-order valence-corrected chi connectivity index (χ0v) is 11.6. The standard InChI is InChI=1S/C15H14N4S/c16-14-12-8-10(6-7-13(12)18-15(17)19-14)9-20-11-4-2-1-3-5-11/h1-8H,9H2,(H4,16,17,18,19). The molecule has 0 aliphatic heterocycles. The maximum atomic E-state index is 5.90. The van der Waals surface area contributed by atoms with Crippen LogP contribution in [0.4, 0.5) is 11.8 Å². The summed E-state index contributed by atoms with van der Waals surface area (Å²) in [7, 11) is 0. The van der Waals surface area contributed by atoms with Crippen LogP contribution in [0, 0.1) is 0 Å². The van der Waals surface area contributed by atoms with Crippen molar-refractivity contribution >= 4 is 34.4 Å². The average molecular weight is 282 g/mol. The molecule has 0 aliphatic rings. The van der Waals surface area contributed by atoms with Crippen molar-refractivity contribution in [2.24, 2.45) is 0 Å². The lowest BCUT2D eigenvalue weighted by molar-refractivity contribution is 1.24. The predicted octanol–water partition coefficient (Wildman–Crippen LogP) is 3.09. The van der Waals surface area contributed by atoms with Crippen molar-refractivity contribution in [3.63, 3.8) is 0 Å². The van der Waals surface area contributed by atoms with Gasteiger partial charge in [0.15, 0.2) is 0 Å². The van der Waals surface area contributed by atoms with Gasteiger partial charge in [-0.1, -0.05) is 24.3 Å². The van der Waals surface area contributed by atoms with Gasteiger partial charge in [0.05, 0.1) is 5.52 Å². The summed E-state index contributed by atoms with van der Waals surface area (Å²) < 4.78 is 0. The van der Waals surface area contributed by atoms with Crippen molar-refractivity contribution in [2.75, 3.05) is 11.5 Å². The summed E-state index contributed by atoms with van der Waals surface area (Å²) in [6, 6.07) is 16.3. The Morgan fingerprint density at radius 2 is 1.75 bits per heavy atom. The van der Waals surface area contributed by atoms with E-state index in [0.29, 0.717) is 5.82 Å². The zero-order valence-electron chi connectivity index (χ0n) is 10.8. The quantitative estimate of drug-likeness (QED) is 0.722. The summed E-state index contributed by atoms with van der Waals surface area (Å²) in [5.74, 6) is 1.52. The van der Waals surface area contributed by atoms with Crippen LogP contribution in [0.15, 0.2) is 53.4 Å². The van der Waals surface area contributed by atoms with Crippen molar-refractivity contribution in [3.8, 4) is 0 Å². The number of hydrogen-bond donors (Lipinski definition) is 2. The van der Waals surface area contributed by atoms with Gasteiger partial charge in [-0.15, -0.1) is 11.8 Å². The first-order chi connectivity index (χ1) is 9.72. The van der Waals surface area contributed by atoms with E-state index in [2.05, 4.69) is 22.1 Å². The summed E-state index contributed by atoms with van der Waals surface area (Å²) >= 11 is 1.78. The molecule has 100 valence electrons. The minimum Gasteiger partial charge on any atom is -0.383 e. The normalized spacial score (nSPS) is 10.8. The van der Waals surface area contributed by atoms with Crippen molar-refractivity contribution in [1.82, 2.24) is 9.97 Å². The lowest BCUT2D eigenvalue weighted by atomic mass is 10.1. The van der Waals surface area contributed by atoms with Crippen LogP contribution in [0.2, 0.25) is 0 Å². The smallest absolute Gasteiger partial charge is 0.222 e. The van der Waals surface area contributed by atoms with E-state index in [1.165, 1.54) is 10.5 Å². The van der Waals surface area contributed by atoms with Crippen LogP contribution in [-0.4, -0.2) is 9.97 Å². The number of anilines is 2. The van der Waals surface area contributed by atoms with Gasteiger partial charge < -0.3 is 11.5 Å². The van der Waals surface area contributed by atoms with E-state index in [1.54, 1.807) is 11.8 Å². The van der Waals surface area contributed by atoms with E-state index >= 15 is 0 Å². The Morgan fingerprint density at radius 3 is 2.55 bits per heavy atom. The maximum absolute atomic E-state index is 5.90. The summed E-state index contributed by atoms with van der Waals surface area (Å²) in [6.07, 6.45) is 0. The van der Waals surface area contributed by atoms with E-state index in [1.807, 2.05) is 36.4 Å². The maximum Gasteiger partial charge on any atom is 0.222 e. The molecule has 0 radical (unpaired) electrons. The van der Waals surface area contributed by atoms with Gasteiger partial charge in [-0.3, -0.25) is 0 Å². The third kappa shape index (κ3) is 2.67. The van der Waals surface area contributed by atoms with Crippen LogP contribution in [0.1, 0.15) is 5.56 Å². The number of nitrogen functional groups attached to an aromatic ring is 2. The number of rotatable bonds is 3. The molecule has 3 rings (SSSR count). The molecular formula is C15H14N4S. The van der Waals surface area contributed by atoms with Gasteiger partial charge in [0.25, 0.3) is 0 Å². The SMILES string of the molecule is Nc1nc(N)c2cc(CSc3ccccc3)ccc2n1. The number of thioether (sulfide) groups is 1. The molecule has 0 bridgehead atoms. The number of fused-ring (bicyclic) bond motifs is 1. The van der Waals surface area contributed by atoms with Gasteiger partial charge in [-0.05, 0) is 29.8 Å². The Morgan fingerprint density at radius 1 is 0.950 bits per heavy atom. The van der Waals surface area contributed by atoms with Crippen LogP contribution < -0.4 is 11.5 Å². The van der Waals surface area contributed by atoms with E-state index in [4.69, 9.17) is 11.5 Å². The second-order valence-electron chi connectivity index (χ2n) is 4.42. The fraction of sp³-hybridized carbons (Fsp3) is 0.0667. The molecule has 0 amide bonds. The third-order valence-corrected chi connectivity index (χ3v) is 4.04. The number of nitrogens with zero attached hydrogens (tertiary/aromatic N) is 2. The highest BCUT2D eigenvalue weighted by atomic mass is 32.2. The van der Waals surface area contributed by atoms with Gasteiger partial charge in [-0.25, -0.2) is 4.98 Å². The van der Waals surface area contributed by atoms with Crippen molar-refractivity contribution in [2.45, 2.75) is 10.6 Å². The summed E-state index contributed by atoms with van der Waals surface area (Å²) in [6.45, 7) is 0. The van der Waals surface area contributed by atoms with E-state index < -0.39 is 0 Å². The second-order valence-corrected chi connectivity index (χ2v) is 5.47. The molecule has 0 fully saturated rings. The first kappa shape index (κ1) is 12.7. The summed E-state index contributed by atoms with van der Waals surface area (Å²) in [5.41, 5.74) is 13.5. The molecule has 3 aromatic rings. The molecule has 0 aliphatic carbocycles. The molecule has 1 heterocycles. The fourth-order valence-electron chi connectivity index (χ4n) is 1.99. The Hall–Kier alpha value is -2.27. The molecule has 1 aromatic heterocycles. The monoisotopic (exact) mass is 282 g/mol. The van der Waals surface area contributed by atoms with E-state index in [9.17, 15) is 0 Å². The number of nitrogens with two attached hydrogens (primary N) is 2. The predicted molar refractivity (Wildman–Crippen MR) is 84.4 cm³/mol. The van der Waals surface area contributed by atoms with Crippen LogP contribution in [-0.2, 0) is 5.75 Å². The molecule has 0 spiro atoms. The van der Waals surface area contributed by atoms with Crippen LogP contribution >= 0.6 is 11.8 Å². The Bertz CT molecular complexity index is 743. The van der Waals surface area contributed by atoms with E-state index in [-0.39, 0.29) is 5.95 Å². The second kappa shape index (κ2) is 5.38. The molecule has 0 atom stereocenters. The van der Waals surface area contributed by atoms with Crippen LogP contribution in [0.3, 0.4) is 0 Å². The highest BCUT2D eigenvalue weighted by molar-refractivity contribution is 7.98. The average Bonchev–Trinajstić information content (AvgIpc) is 2.46. The first-order valence-corrected chi connectivity index (χ1v) is 7.20. The van der Waals surface area contributed by atoms with Gasteiger partial charge in [0.2, 0.25) is 5.95 Å².